The minimum Gasteiger partial charge on any atom is -0.196 e. The van der Waals surface area contributed by atoms with Crippen LogP contribution in [0.3, 0.4) is 0 Å². The van der Waals surface area contributed by atoms with Gasteiger partial charge in [-0.3, -0.25) is 0 Å². The molecule has 0 heterocycles. The third kappa shape index (κ3) is 0.907. The summed E-state index contributed by atoms with van der Waals surface area (Å²) in [7, 11) is 0. The first-order valence-corrected chi connectivity index (χ1v) is 6.13. The van der Waals surface area contributed by atoms with Crippen LogP contribution in [0.5, 0.6) is 0 Å². The normalized spacial score (nSPS) is 38.5. The molecule has 0 aliphatic heterocycles. The molecule has 3 aliphatic carbocycles. The zero-order chi connectivity index (χ0) is 13.8. The highest BCUT2D eigenvalue weighted by molar-refractivity contribution is 5.50. The quantitative estimate of drug-likeness (QED) is 0.611. The molecule has 0 spiro atoms. The van der Waals surface area contributed by atoms with Gasteiger partial charge in [0.1, 0.15) is 0 Å². The van der Waals surface area contributed by atoms with Crippen LogP contribution in [0.1, 0.15) is 6.92 Å². The van der Waals surface area contributed by atoms with Crippen LogP contribution in [-0.2, 0) is 0 Å². The molecule has 3 aliphatic rings. The van der Waals surface area contributed by atoms with E-state index in [4.69, 9.17) is 0 Å². The molecular formula is C15H10N4. The van der Waals surface area contributed by atoms with E-state index >= 15 is 0 Å². The van der Waals surface area contributed by atoms with Crippen molar-refractivity contribution in [1.82, 2.24) is 0 Å². The van der Waals surface area contributed by atoms with Crippen molar-refractivity contribution < 1.29 is 0 Å². The molecule has 0 unspecified atom stereocenters. The summed E-state index contributed by atoms with van der Waals surface area (Å²) in [5, 5.41) is 38.3. The zero-order valence-corrected chi connectivity index (χ0v) is 10.3. The van der Waals surface area contributed by atoms with Gasteiger partial charge in [0.2, 0.25) is 0 Å². The van der Waals surface area contributed by atoms with Crippen molar-refractivity contribution in [2.24, 2.45) is 34.5 Å². The molecule has 1 fully saturated rings. The van der Waals surface area contributed by atoms with Gasteiger partial charge >= 0.3 is 0 Å². The topological polar surface area (TPSA) is 95.2 Å². The molecule has 0 aromatic carbocycles. The number of nitrogens with zero attached hydrogens (tertiary/aromatic N) is 4. The first-order valence-electron chi connectivity index (χ1n) is 6.13. The van der Waals surface area contributed by atoms with Crippen LogP contribution >= 0.6 is 0 Å². The van der Waals surface area contributed by atoms with Crippen molar-refractivity contribution in [2.45, 2.75) is 6.92 Å². The summed E-state index contributed by atoms with van der Waals surface area (Å²) in [6.07, 6.45) is 5.92. The average molecular weight is 246 g/mol. The number of hydrogen-bond acceptors (Lipinski definition) is 4. The van der Waals surface area contributed by atoms with Crippen molar-refractivity contribution in [3.63, 3.8) is 0 Å². The lowest BCUT2D eigenvalue weighted by molar-refractivity contribution is 0.284. The van der Waals surface area contributed by atoms with Crippen LogP contribution in [0.4, 0.5) is 0 Å². The number of nitriles is 4. The van der Waals surface area contributed by atoms with Crippen molar-refractivity contribution in [2.75, 3.05) is 0 Å². The maximum absolute atomic E-state index is 9.58. The SMILES string of the molecule is CC1=C[C@@H]2C=C[C@H]3[C@@H]2[C@@H]1C(C#N)(C#N)C3(C#N)C#N. The maximum Gasteiger partial charge on any atom is 0.182 e. The van der Waals surface area contributed by atoms with Crippen LogP contribution in [0.2, 0.25) is 0 Å². The van der Waals surface area contributed by atoms with Gasteiger partial charge in [0.15, 0.2) is 10.8 Å². The second-order valence-electron chi connectivity index (χ2n) is 5.52. The fourth-order valence-corrected chi connectivity index (χ4v) is 4.31. The van der Waals surface area contributed by atoms with E-state index in [2.05, 4.69) is 6.08 Å². The van der Waals surface area contributed by atoms with E-state index < -0.39 is 10.8 Å². The first-order chi connectivity index (χ1) is 9.11. The second kappa shape index (κ2) is 3.26. The van der Waals surface area contributed by atoms with Crippen LogP contribution in [0, 0.1) is 79.8 Å². The molecule has 3 rings (SSSR count). The summed E-state index contributed by atoms with van der Waals surface area (Å²) in [4.78, 5) is 0. The molecule has 0 aromatic rings. The molecule has 0 amide bonds. The highest BCUT2D eigenvalue weighted by Gasteiger charge is 2.74. The molecule has 4 atom stereocenters. The van der Waals surface area contributed by atoms with Gasteiger partial charge in [0.25, 0.3) is 0 Å². The van der Waals surface area contributed by atoms with E-state index in [1.165, 1.54) is 0 Å². The standard InChI is InChI=1S/C15H10N4/c1-9-4-10-2-3-11-12(10)13(9)15(7-18,8-19)14(11,5-16)6-17/h2-4,10-13H,1H3/t10-,11-,12+,13+/m0/s1. The largest absolute Gasteiger partial charge is 0.196 e. The molecule has 90 valence electrons. The predicted octanol–water partition coefficient (Wildman–Crippen LogP) is 2.06. The van der Waals surface area contributed by atoms with E-state index in [1.807, 2.05) is 43.4 Å². The molecule has 19 heavy (non-hydrogen) atoms. The second-order valence-corrected chi connectivity index (χ2v) is 5.52. The molecule has 0 aromatic heterocycles. The van der Waals surface area contributed by atoms with Crippen molar-refractivity contribution in [3.05, 3.63) is 23.8 Å². The average Bonchev–Trinajstić information content (AvgIpc) is 3.03. The van der Waals surface area contributed by atoms with Gasteiger partial charge in [-0.25, -0.2) is 0 Å². The van der Waals surface area contributed by atoms with Crippen LogP contribution in [0.15, 0.2) is 23.8 Å². The first kappa shape index (κ1) is 11.5. The van der Waals surface area contributed by atoms with E-state index in [9.17, 15) is 21.0 Å². The van der Waals surface area contributed by atoms with Crippen molar-refractivity contribution in [3.8, 4) is 24.3 Å². The highest BCUT2D eigenvalue weighted by Crippen LogP contribution is 2.69. The summed E-state index contributed by atoms with van der Waals surface area (Å²) in [6.45, 7) is 1.89. The smallest absolute Gasteiger partial charge is 0.182 e. The minimum absolute atomic E-state index is 0.0126. The lowest BCUT2D eigenvalue weighted by Crippen LogP contribution is -2.40. The third-order valence-corrected chi connectivity index (χ3v) is 5.02. The van der Waals surface area contributed by atoms with Crippen molar-refractivity contribution >= 4 is 0 Å². The fraction of sp³-hybridized carbons (Fsp3) is 0.467. The maximum atomic E-state index is 9.58. The third-order valence-electron chi connectivity index (χ3n) is 5.02. The summed E-state index contributed by atoms with van der Waals surface area (Å²) >= 11 is 0. The van der Waals surface area contributed by atoms with Gasteiger partial charge in [-0.1, -0.05) is 23.8 Å². The van der Waals surface area contributed by atoms with Gasteiger partial charge in [-0.15, -0.1) is 0 Å². The Bertz CT molecular complexity index is 658. The van der Waals surface area contributed by atoms with Gasteiger partial charge in [-0.05, 0) is 18.8 Å². The van der Waals surface area contributed by atoms with Crippen LogP contribution in [-0.4, -0.2) is 0 Å². The summed E-state index contributed by atoms with van der Waals surface area (Å²) in [5.41, 5.74) is -2.17. The van der Waals surface area contributed by atoms with E-state index in [0.717, 1.165) is 5.57 Å². The van der Waals surface area contributed by atoms with Gasteiger partial charge in [-0.2, -0.15) is 21.0 Å². The molecule has 4 heteroatoms. The van der Waals surface area contributed by atoms with Gasteiger partial charge < -0.3 is 0 Å². The molecule has 0 saturated heterocycles. The van der Waals surface area contributed by atoms with E-state index in [-0.39, 0.29) is 23.7 Å². The van der Waals surface area contributed by atoms with Crippen LogP contribution < -0.4 is 0 Å². The Morgan fingerprint density at radius 2 is 1.53 bits per heavy atom. The minimum atomic E-state index is -1.56. The molecule has 0 radical (unpaired) electrons. The molecule has 0 N–H and O–H groups in total. The van der Waals surface area contributed by atoms with E-state index in [0.29, 0.717) is 0 Å². The number of allylic oxidation sites excluding steroid dienone is 4. The Kier molecular flexibility index (Phi) is 1.98. The van der Waals surface area contributed by atoms with Crippen molar-refractivity contribution in [1.29, 1.82) is 21.0 Å². The monoisotopic (exact) mass is 246 g/mol. The molecule has 1 saturated carbocycles. The van der Waals surface area contributed by atoms with E-state index in [1.54, 1.807) is 0 Å². The summed E-state index contributed by atoms with van der Waals surface area (Å²) < 4.78 is 0. The lowest BCUT2D eigenvalue weighted by Gasteiger charge is -2.29. The summed E-state index contributed by atoms with van der Waals surface area (Å²) in [6, 6.07) is 8.08. The predicted molar refractivity (Wildman–Crippen MR) is 64.2 cm³/mol. The molecular weight excluding hydrogens is 236 g/mol. The number of rotatable bonds is 0. The fourth-order valence-electron chi connectivity index (χ4n) is 4.31. The Labute approximate surface area is 111 Å². The Balaban J connectivity index is 2.36. The Morgan fingerprint density at radius 1 is 0.947 bits per heavy atom. The van der Waals surface area contributed by atoms with Gasteiger partial charge in [0.05, 0.1) is 24.3 Å². The van der Waals surface area contributed by atoms with Crippen LogP contribution in [0.25, 0.3) is 0 Å². The Hall–Kier alpha value is -2.56. The zero-order valence-electron chi connectivity index (χ0n) is 10.3. The van der Waals surface area contributed by atoms with Gasteiger partial charge in [0, 0.05) is 11.8 Å². The molecule has 4 nitrogen and oxygen atoms in total. The Morgan fingerprint density at radius 3 is 2.05 bits per heavy atom. The highest BCUT2D eigenvalue weighted by atomic mass is 14.7. The molecule has 0 bridgehead atoms. The lowest BCUT2D eigenvalue weighted by atomic mass is 9.62. The number of hydrogen-bond donors (Lipinski definition) is 0. The summed E-state index contributed by atoms with van der Waals surface area (Å²) in [5.74, 6) is -0.476.